The molecule has 2 aromatic carbocycles. The fourth-order valence-electron chi connectivity index (χ4n) is 6.95. The lowest BCUT2D eigenvalue weighted by atomic mass is 10.2. The fourth-order valence-corrected chi connectivity index (χ4v) is 6.95. The third-order valence-corrected chi connectivity index (χ3v) is 9.90. The third-order valence-electron chi connectivity index (χ3n) is 9.90. The molecule has 46 heavy (non-hydrogen) atoms. The number of carbonyl (C=O) groups excluding carboxylic acids is 1. The van der Waals surface area contributed by atoms with E-state index in [9.17, 15) is 4.79 Å². The van der Waals surface area contributed by atoms with Crippen LogP contribution in [0.3, 0.4) is 0 Å². The van der Waals surface area contributed by atoms with E-state index in [1.165, 1.54) is 25.1 Å². The lowest BCUT2D eigenvalue weighted by Crippen LogP contribution is -2.47. The molecule has 1 aromatic heterocycles. The van der Waals surface area contributed by atoms with Crippen molar-refractivity contribution in [3.8, 4) is 11.4 Å². The monoisotopic (exact) mass is 625 g/mol. The highest BCUT2D eigenvalue weighted by molar-refractivity contribution is 5.99. The summed E-state index contributed by atoms with van der Waals surface area (Å²) in [5.41, 5.74) is 3.53. The van der Waals surface area contributed by atoms with Gasteiger partial charge in [0, 0.05) is 74.0 Å². The molecule has 11 nitrogen and oxygen atoms in total. The first kappa shape index (κ1) is 30.7. The molecule has 4 fully saturated rings. The maximum atomic E-state index is 12.9. The normalized spacial score (nSPS) is 23.9. The van der Waals surface area contributed by atoms with E-state index in [1.807, 2.05) is 36.4 Å². The van der Waals surface area contributed by atoms with Crippen molar-refractivity contribution in [2.45, 2.75) is 64.6 Å². The van der Waals surface area contributed by atoms with Gasteiger partial charge in [0.25, 0.3) is 0 Å². The van der Waals surface area contributed by atoms with E-state index in [0.29, 0.717) is 42.8 Å². The summed E-state index contributed by atoms with van der Waals surface area (Å²) in [5, 5.41) is 5.93. The van der Waals surface area contributed by atoms with Crippen LogP contribution in [0.2, 0.25) is 0 Å². The van der Waals surface area contributed by atoms with E-state index < -0.39 is 0 Å². The van der Waals surface area contributed by atoms with Gasteiger partial charge in [-0.05, 0) is 101 Å². The van der Waals surface area contributed by atoms with Crippen LogP contribution in [0.5, 0.6) is 0 Å². The number of rotatable bonds is 8. The molecule has 2 N–H and O–H groups in total. The minimum absolute atomic E-state index is 0.180. The average molecular weight is 626 g/mol. The molecule has 3 atom stereocenters. The molecule has 0 spiro atoms. The van der Waals surface area contributed by atoms with E-state index >= 15 is 0 Å². The van der Waals surface area contributed by atoms with Crippen LogP contribution >= 0.6 is 0 Å². The molecule has 0 radical (unpaired) electrons. The minimum Gasteiger partial charge on any atom is -0.377 e. The van der Waals surface area contributed by atoms with E-state index in [1.54, 1.807) is 0 Å². The number of urea groups is 1. The Labute approximate surface area is 272 Å². The first-order chi connectivity index (χ1) is 22.4. The summed E-state index contributed by atoms with van der Waals surface area (Å²) in [5.74, 6) is 2.98. The number of piperazine rings is 1. The summed E-state index contributed by atoms with van der Waals surface area (Å²) in [4.78, 5) is 37.3. The number of anilines is 5. The first-order valence-electron chi connectivity index (χ1n) is 17.0. The number of nitrogens with one attached hydrogen (secondary N) is 2. The molecule has 3 aliphatic heterocycles. The summed E-state index contributed by atoms with van der Waals surface area (Å²) in [7, 11) is 0. The Kier molecular flexibility index (Phi) is 8.95. The number of hydrogen-bond donors (Lipinski definition) is 2. The van der Waals surface area contributed by atoms with Gasteiger partial charge < -0.3 is 30.1 Å². The van der Waals surface area contributed by atoms with Gasteiger partial charge in [-0.15, -0.1) is 0 Å². The lowest BCUT2D eigenvalue weighted by molar-refractivity contribution is 0.0981. The number of nitrogens with zero attached hydrogens (tertiary/aromatic N) is 7. The number of benzene rings is 2. The van der Waals surface area contributed by atoms with Crippen molar-refractivity contribution in [3.63, 3.8) is 0 Å². The predicted molar refractivity (Wildman–Crippen MR) is 184 cm³/mol. The molecule has 7 rings (SSSR count). The predicted octanol–water partition coefficient (Wildman–Crippen LogP) is 5.32. The SMILES string of the molecule is CC1COCCN1c1nc(-c2ccc(NC(=O)Nc3ccc(N4CCN(CC5CC5)CC4)cc3)cc2)nc(N2C(C)CCC2C)n1. The van der Waals surface area contributed by atoms with Crippen LogP contribution in [0.4, 0.5) is 33.8 Å². The first-order valence-corrected chi connectivity index (χ1v) is 17.0. The molecular weight excluding hydrogens is 578 g/mol. The molecule has 1 aliphatic carbocycles. The van der Waals surface area contributed by atoms with E-state index in [4.69, 9.17) is 19.7 Å². The number of morpholine rings is 1. The van der Waals surface area contributed by atoms with E-state index in [0.717, 1.165) is 68.7 Å². The topological polar surface area (TPSA) is 102 Å². The lowest BCUT2D eigenvalue weighted by Gasteiger charge is -2.36. The smallest absolute Gasteiger partial charge is 0.323 e. The van der Waals surface area contributed by atoms with Crippen molar-refractivity contribution in [3.05, 3.63) is 48.5 Å². The highest BCUT2D eigenvalue weighted by Gasteiger charge is 2.32. The van der Waals surface area contributed by atoms with Gasteiger partial charge in [0.1, 0.15) is 0 Å². The molecule has 4 aliphatic rings. The molecule has 3 unspecified atom stereocenters. The second-order valence-electron chi connectivity index (χ2n) is 13.5. The zero-order valence-electron chi connectivity index (χ0n) is 27.4. The molecular formula is C35H47N9O2. The number of aromatic nitrogens is 3. The van der Waals surface area contributed by atoms with Crippen molar-refractivity contribution in [1.82, 2.24) is 19.9 Å². The Bertz CT molecular complexity index is 1480. The quantitative estimate of drug-likeness (QED) is 0.345. The van der Waals surface area contributed by atoms with Crippen LogP contribution in [-0.2, 0) is 4.74 Å². The second kappa shape index (κ2) is 13.4. The van der Waals surface area contributed by atoms with Crippen LogP contribution in [0, 0.1) is 5.92 Å². The van der Waals surface area contributed by atoms with Crippen molar-refractivity contribution < 1.29 is 9.53 Å². The average Bonchev–Trinajstić information content (AvgIpc) is 3.82. The van der Waals surface area contributed by atoms with Crippen LogP contribution in [0.25, 0.3) is 11.4 Å². The third kappa shape index (κ3) is 7.05. The number of ether oxygens (including phenoxy) is 1. The fraction of sp³-hybridized carbons (Fsp3) is 0.543. The summed E-state index contributed by atoms with van der Waals surface area (Å²) in [6.07, 6.45) is 5.05. The Morgan fingerprint density at radius 3 is 2.02 bits per heavy atom. The largest absolute Gasteiger partial charge is 0.377 e. The molecule has 244 valence electrons. The molecule has 11 heteroatoms. The highest BCUT2D eigenvalue weighted by Crippen LogP contribution is 2.32. The maximum absolute atomic E-state index is 12.9. The van der Waals surface area contributed by atoms with E-state index in [2.05, 4.69) is 63.1 Å². The Morgan fingerprint density at radius 2 is 1.39 bits per heavy atom. The summed E-state index contributed by atoms with van der Waals surface area (Å²) in [6.45, 7) is 14.3. The summed E-state index contributed by atoms with van der Waals surface area (Å²) < 4.78 is 5.67. The molecule has 0 bridgehead atoms. The van der Waals surface area contributed by atoms with Gasteiger partial charge in [-0.3, -0.25) is 4.90 Å². The van der Waals surface area contributed by atoms with E-state index in [-0.39, 0.29) is 12.1 Å². The van der Waals surface area contributed by atoms with Gasteiger partial charge in [-0.2, -0.15) is 15.0 Å². The molecule has 1 saturated carbocycles. The highest BCUT2D eigenvalue weighted by atomic mass is 16.5. The van der Waals surface area contributed by atoms with Gasteiger partial charge in [0.05, 0.1) is 19.3 Å². The Hall–Kier alpha value is -3.96. The van der Waals surface area contributed by atoms with Crippen molar-refractivity contribution in [1.29, 1.82) is 0 Å². The van der Waals surface area contributed by atoms with Crippen molar-refractivity contribution >= 4 is 35.0 Å². The molecule has 3 aromatic rings. The van der Waals surface area contributed by atoms with Crippen molar-refractivity contribution in [2.75, 3.05) is 77.8 Å². The van der Waals surface area contributed by atoms with Gasteiger partial charge in [0.2, 0.25) is 11.9 Å². The number of amides is 2. The van der Waals surface area contributed by atoms with Gasteiger partial charge in [-0.25, -0.2) is 4.79 Å². The van der Waals surface area contributed by atoms with Gasteiger partial charge in [0.15, 0.2) is 5.82 Å². The number of carbonyl (C=O) groups is 1. The zero-order chi connectivity index (χ0) is 31.6. The standard InChI is InChI=1S/C35H47N9O2/c1-24-4-5-25(2)44(24)34-39-32(38-33(40-34)43-20-21-46-23-26(43)3)28-8-10-29(11-9-28)36-35(45)37-30-12-14-31(15-13-30)42-18-16-41(17-19-42)22-27-6-7-27/h8-15,24-27H,4-7,16-23H2,1-3H3,(H2,36,37,45). The van der Waals surface area contributed by atoms with Crippen molar-refractivity contribution in [2.24, 2.45) is 5.92 Å². The minimum atomic E-state index is -0.280. The second-order valence-corrected chi connectivity index (χ2v) is 13.5. The maximum Gasteiger partial charge on any atom is 0.323 e. The van der Waals surface area contributed by atoms with Crippen LogP contribution in [-0.4, -0.2) is 96.5 Å². The molecule has 2 amide bonds. The summed E-state index contributed by atoms with van der Waals surface area (Å²) >= 11 is 0. The molecule has 4 heterocycles. The summed E-state index contributed by atoms with van der Waals surface area (Å²) in [6, 6.07) is 16.5. The Balaban J connectivity index is 0.995. The van der Waals surface area contributed by atoms with Crippen LogP contribution in [0.15, 0.2) is 48.5 Å². The van der Waals surface area contributed by atoms with Crippen LogP contribution in [0.1, 0.15) is 46.5 Å². The zero-order valence-corrected chi connectivity index (χ0v) is 27.4. The van der Waals surface area contributed by atoms with Gasteiger partial charge in [-0.1, -0.05) is 0 Å². The van der Waals surface area contributed by atoms with Crippen LogP contribution < -0.4 is 25.3 Å². The van der Waals surface area contributed by atoms with Gasteiger partial charge >= 0.3 is 6.03 Å². The number of hydrogen-bond acceptors (Lipinski definition) is 9. The molecule has 3 saturated heterocycles. The Morgan fingerprint density at radius 1 is 0.761 bits per heavy atom.